The molecule has 1 aliphatic carbocycles. The minimum atomic E-state index is -0.302. The van der Waals surface area contributed by atoms with Gasteiger partial charge in [0.25, 0.3) is 0 Å². The van der Waals surface area contributed by atoms with Crippen LogP contribution in [0.25, 0.3) is 16.6 Å². The molecule has 1 saturated carbocycles. The van der Waals surface area contributed by atoms with Crippen LogP contribution in [0.3, 0.4) is 0 Å². The van der Waals surface area contributed by atoms with Crippen LogP contribution in [0.1, 0.15) is 38.4 Å². The molecule has 0 saturated heterocycles. The standard InChI is InChI=1S/C17H19N5O2/c1-10(2)18-14(23)9-21-17(24)22-15(11-7-8-11)19-13-6-4-3-5-12(13)16(22)20-21/h3-6,10-11H,7-9H2,1-2H3,(H,18,23). The second-order valence-corrected chi connectivity index (χ2v) is 6.58. The highest BCUT2D eigenvalue weighted by molar-refractivity contribution is 5.91. The minimum Gasteiger partial charge on any atom is -0.352 e. The van der Waals surface area contributed by atoms with Crippen molar-refractivity contribution in [3.63, 3.8) is 0 Å². The summed E-state index contributed by atoms with van der Waals surface area (Å²) in [5.74, 6) is 0.835. The number of benzene rings is 1. The first-order valence-electron chi connectivity index (χ1n) is 8.22. The van der Waals surface area contributed by atoms with Gasteiger partial charge in [-0.1, -0.05) is 12.1 Å². The van der Waals surface area contributed by atoms with Crippen LogP contribution in [-0.2, 0) is 11.3 Å². The summed E-state index contributed by atoms with van der Waals surface area (Å²) in [6, 6.07) is 7.67. The summed E-state index contributed by atoms with van der Waals surface area (Å²) < 4.78 is 2.80. The van der Waals surface area contributed by atoms with E-state index in [9.17, 15) is 9.59 Å². The Hall–Kier alpha value is -2.70. The van der Waals surface area contributed by atoms with Crippen LogP contribution in [0.15, 0.2) is 29.1 Å². The highest BCUT2D eigenvalue weighted by Gasteiger charge is 2.30. The van der Waals surface area contributed by atoms with Gasteiger partial charge in [-0.3, -0.25) is 4.79 Å². The van der Waals surface area contributed by atoms with Gasteiger partial charge in [0, 0.05) is 17.3 Å². The molecule has 7 nitrogen and oxygen atoms in total. The molecule has 1 fully saturated rings. The molecule has 0 bridgehead atoms. The lowest BCUT2D eigenvalue weighted by Crippen LogP contribution is -2.36. The second kappa shape index (κ2) is 5.43. The third kappa shape index (κ3) is 2.46. The minimum absolute atomic E-state index is 0.0229. The van der Waals surface area contributed by atoms with E-state index in [1.165, 1.54) is 4.68 Å². The summed E-state index contributed by atoms with van der Waals surface area (Å²) in [4.78, 5) is 29.5. The van der Waals surface area contributed by atoms with Gasteiger partial charge in [-0.05, 0) is 38.8 Å². The van der Waals surface area contributed by atoms with Gasteiger partial charge in [-0.25, -0.2) is 18.9 Å². The van der Waals surface area contributed by atoms with Crippen molar-refractivity contribution in [3.8, 4) is 0 Å². The van der Waals surface area contributed by atoms with Crippen molar-refractivity contribution in [3.05, 3.63) is 40.6 Å². The Balaban J connectivity index is 1.90. The fraction of sp³-hybridized carbons (Fsp3) is 0.412. The second-order valence-electron chi connectivity index (χ2n) is 6.58. The number of carbonyl (C=O) groups excluding carboxylic acids is 1. The highest BCUT2D eigenvalue weighted by Crippen LogP contribution is 2.39. The molecule has 1 amide bonds. The number of hydrogen-bond donors (Lipinski definition) is 1. The van der Waals surface area contributed by atoms with E-state index in [-0.39, 0.29) is 24.2 Å². The van der Waals surface area contributed by atoms with E-state index in [0.717, 1.165) is 29.6 Å². The van der Waals surface area contributed by atoms with Crippen molar-refractivity contribution in [1.82, 2.24) is 24.5 Å². The third-order valence-electron chi connectivity index (χ3n) is 4.13. The zero-order chi connectivity index (χ0) is 16.8. The van der Waals surface area contributed by atoms with E-state index in [1.54, 1.807) is 4.40 Å². The first kappa shape index (κ1) is 14.9. The first-order valence-corrected chi connectivity index (χ1v) is 8.22. The molecular weight excluding hydrogens is 306 g/mol. The highest BCUT2D eigenvalue weighted by atomic mass is 16.2. The van der Waals surface area contributed by atoms with Gasteiger partial charge in [-0.2, -0.15) is 0 Å². The maximum atomic E-state index is 12.8. The molecule has 0 atom stereocenters. The SMILES string of the molecule is CC(C)NC(=O)Cn1nc2c3ccccc3nc(C3CC3)n2c1=O. The predicted octanol–water partition coefficient (Wildman–Crippen LogP) is 1.45. The predicted molar refractivity (Wildman–Crippen MR) is 90.0 cm³/mol. The Labute approximate surface area is 138 Å². The molecule has 4 rings (SSSR count). The average Bonchev–Trinajstić information content (AvgIpc) is 3.32. The van der Waals surface area contributed by atoms with Gasteiger partial charge in [-0.15, -0.1) is 5.10 Å². The van der Waals surface area contributed by atoms with Crippen molar-refractivity contribution in [2.24, 2.45) is 0 Å². The summed E-state index contributed by atoms with van der Waals surface area (Å²) in [5.41, 5.74) is 1.10. The Kier molecular flexibility index (Phi) is 3.37. The molecule has 0 unspecified atom stereocenters. The number of nitrogens with one attached hydrogen (secondary N) is 1. The molecule has 0 radical (unpaired) electrons. The number of hydrogen-bond acceptors (Lipinski definition) is 4. The van der Waals surface area contributed by atoms with Crippen LogP contribution in [-0.4, -0.2) is 31.1 Å². The molecule has 2 aromatic heterocycles. The zero-order valence-corrected chi connectivity index (χ0v) is 13.7. The Morgan fingerprint density at radius 3 is 2.79 bits per heavy atom. The molecule has 0 spiro atoms. The van der Waals surface area contributed by atoms with Crippen molar-refractivity contribution >= 4 is 22.5 Å². The summed E-state index contributed by atoms with van der Waals surface area (Å²) in [6.07, 6.45) is 2.07. The molecule has 0 aliphatic heterocycles. The molecule has 7 heteroatoms. The van der Waals surface area contributed by atoms with Gasteiger partial charge < -0.3 is 5.32 Å². The van der Waals surface area contributed by atoms with E-state index in [2.05, 4.69) is 15.4 Å². The first-order chi connectivity index (χ1) is 11.5. The van der Waals surface area contributed by atoms with Gasteiger partial charge in [0.1, 0.15) is 12.4 Å². The van der Waals surface area contributed by atoms with Crippen LogP contribution in [0, 0.1) is 0 Å². The van der Waals surface area contributed by atoms with E-state index in [1.807, 2.05) is 38.1 Å². The number of nitrogens with zero attached hydrogens (tertiary/aromatic N) is 4. The van der Waals surface area contributed by atoms with E-state index in [0.29, 0.717) is 11.6 Å². The molecule has 1 aromatic carbocycles. The summed E-state index contributed by atoms with van der Waals surface area (Å²) in [7, 11) is 0. The Morgan fingerprint density at radius 2 is 2.08 bits per heavy atom. The summed E-state index contributed by atoms with van der Waals surface area (Å²) in [5, 5.41) is 8.03. The normalized spacial score (nSPS) is 14.6. The number of carbonyl (C=O) groups is 1. The van der Waals surface area contributed by atoms with Crippen LogP contribution in [0.5, 0.6) is 0 Å². The fourth-order valence-corrected chi connectivity index (χ4v) is 2.94. The molecule has 1 aliphatic rings. The van der Waals surface area contributed by atoms with Gasteiger partial charge >= 0.3 is 5.69 Å². The third-order valence-corrected chi connectivity index (χ3v) is 4.13. The maximum Gasteiger partial charge on any atom is 0.352 e. The van der Waals surface area contributed by atoms with Gasteiger partial charge in [0.15, 0.2) is 5.65 Å². The van der Waals surface area contributed by atoms with Crippen molar-refractivity contribution in [2.45, 2.75) is 45.2 Å². The number of aromatic nitrogens is 4. The largest absolute Gasteiger partial charge is 0.352 e. The maximum absolute atomic E-state index is 12.8. The van der Waals surface area contributed by atoms with Crippen LogP contribution in [0.2, 0.25) is 0 Å². The van der Waals surface area contributed by atoms with Crippen LogP contribution in [0.4, 0.5) is 0 Å². The van der Waals surface area contributed by atoms with Crippen molar-refractivity contribution in [1.29, 1.82) is 0 Å². The number of para-hydroxylation sites is 1. The van der Waals surface area contributed by atoms with Crippen molar-refractivity contribution in [2.75, 3.05) is 0 Å². The quantitative estimate of drug-likeness (QED) is 0.787. The van der Waals surface area contributed by atoms with E-state index in [4.69, 9.17) is 0 Å². The van der Waals surface area contributed by atoms with Gasteiger partial charge in [0.2, 0.25) is 5.91 Å². The molecule has 24 heavy (non-hydrogen) atoms. The molecule has 3 aromatic rings. The number of rotatable bonds is 4. The van der Waals surface area contributed by atoms with Crippen molar-refractivity contribution < 1.29 is 4.79 Å². The zero-order valence-electron chi connectivity index (χ0n) is 13.7. The lowest BCUT2D eigenvalue weighted by atomic mass is 10.2. The Morgan fingerprint density at radius 1 is 1.33 bits per heavy atom. The molecule has 1 N–H and O–H groups in total. The van der Waals surface area contributed by atoms with E-state index >= 15 is 0 Å². The average molecular weight is 325 g/mol. The number of fused-ring (bicyclic) bond motifs is 3. The monoisotopic (exact) mass is 325 g/mol. The molecular formula is C17H19N5O2. The topological polar surface area (TPSA) is 81.3 Å². The van der Waals surface area contributed by atoms with Crippen LogP contribution < -0.4 is 11.0 Å². The van der Waals surface area contributed by atoms with Gasteiger partial charge in [0.05, 0.1) is 5.52 Å². The number of amides is 1. The summed E-state index contributed by atoms with van der Waals surface area (Å²) in [6.45, 7) is 3.68. The van der Waals surface area contributed by atoms with E-state index < -0.39 is 0 Å². The molecule has 124 valence electrons. The van der Waals surface area contributed by atoms with Crippen LogP contribution >= 0.6 is 0 Å². The summed E-state index contributed by atoms with van der Waals surface area (Å²) >= 11 is 0. The Bertz CT molecular complexity index is 997. The molecule has 2 heterocycles. The fourth-order valence-electron chi connectivity index (χ4n) is 2.94. The lowest BCUT2D eigenvalue weighted by Gasteiger charge is -2.06. The smallest absolute Gasteiger partial charge is 0.352 e. The lowest BCUT2D eigenvalue weighted by molar-refractivity contribution is -0.122.